The number of hydrogen-bond donors (Lipinski definition) is 2. The maximum atomic E-state index is 13.0. The second kappa shape index (κ2) is 7.54. The van der Waals surface area contributed by atoms with Crippen LogP contribution in [0, 0.1) is 0 Å². The van der Waals surface area contributed by atoms with Crippen LogP contribution in [0.2, 0.25) is 0 Å². The van der Waals surface area contributed by atoms with Gasteiger partial charge in [0.15, 0.2) is 0 Å². The van der Waals surface area contributed by atoms with Crippen LogP contribution in [-0.4, -0.2) is 24.5 Å². The maximum absolute atomic E-state index is 13.0. The van der Waals surface area contributed by atoms with Crippen LogP contribution in [0.1, 0.15) is 38.1 Å². The predicted molar refractivity (Wildman–Crippen MR) is 115 cm³/mol. The Morgan fingerprint density at radius 1 is 1.10 bits per heavy atom. The molecule has 1 aromatic heterocycles. The van der Waals surface area contributed by atoms with Gasteiger partial charge in [-0.25, -0.2) is 0 Å². The number of rotatable bonds is 4. The van der Waals surface area contributed by atoms with Crippen molar-refractivity contribution in [1.82, 2.24) is 10.2 Å². The fourth-order valence-electron chi connectivity index (χ4n) is 4.21. The van der Waals surface area contributed by atoms with E-state index in [1.54, 1.807) is 18.4 Å². The molecule has 5 nitrogen and oxygen atoms in total. The molecular weight excluding hydrogens is 382 g/mol. The predicted octanol–water partition coefficient (Wildman–Crippen LogP) is 4.17. The highest BCUT2D eigenvalue weighted by molar-refractivity contribution is 7.16. The van der Waals surface area contributed by atoms with Crippen molar-refractivity contribution in [2.75, 3.05) is 19.0 Å². The summed E-state index contributed by atoms with van der Waals surface area (Å²) in [5.41, 5.74) is 4.30. The van der Waals surface area contributed by atoms with Crippen molar-refractivity contribution in [3.63, 3.8) is 0 Å². The fourth-order valence-corrected chi connectivity index (χ4v) is 5.52. The molecule has 0 radical (unpaired) electrons. The summed E-state index contributed by atoms with van der Waals surface area (Å²) in [4.78, 5) is 16.7. The third kappa shape index (κ3) is 3.39. The third-order valence-electron chi connectivity index (χ3n) is 5.61. The molecule has 6 heteroatoms. The van der Waals surface area contributed by atoms with Gasteiger partial charge in [-0.15, -0.1) is 11.3 Å². The standard InChI is InChI=1S/C23H23N3O2S/c1-28-18-10-6-5-9-16(18)21-24-22(27)20-17-11-12-26(13-15-7-3-2-4-8-15)14-19(17)29-23(20)25-21/h2-10,21,25H,11-14H2,1H3,(H,24,27). The highest BCUT2D eigenvalue weighted by Crippen LogP contribution is 2.41. The largest absolute Gasteiger partial charge is 0.496 e. The van der Waals surface area contributed by atoms with Gasteiger partial charge >= 0.3 is 0 Å². The summed E-state index contributed by atoms with van der Waals surface area (Å²) in [7, 11) is 1.65. The van der Waals surface area contributed by atoms with E-state index in [1.165, 1.54) is 16.0 Å². The second-order valence-electron chi connectivity index (χ2n) is 7.45. The molecule has 2 aliphatic heterocycles. The fraction of sp³-hybridized carbons (Fsp3) is 0.261. The van der Waals surface area contributed by atoms with Crippen molar-refractivity contribution >= 4 is 22.2 Å². The summed E-state index contributed by atoms with van der Waals surface area (Å²) in [6, 6.07) is 18.3. The van der Waals surface area contributed by atoms with E-state index in [0.717, 1.165) is 47.9 Å². The van der Waals surface area contributed by atoms with Crippen LogP contribution in [0.4, 0.5) is 5.00 Å². The van der Waals surface area contributed by atoms with Gasteiger partial charge < -0.3 is 15.4 Å². The lowest BCUT2D eigenvalue weighted by molar-refractivity contribution is 0.0934. The van der Waals surface area contributed by atoms with E-state index in [9.17, 15) is 4.79 Å². The molecule has 3 aromatic rings. The van der Waals surface area contributed by atoms with Crippen LogP contribution in [0.5, 0.6) is 5.75 Å². The zero-order valence-electron chi connectivity index (χ0n) is 16.3. The summed E-state index contributed by atoms with van der Waals surface area (Å²) < 4.78 is 5.48. The van der Waals surface area contributed by atoms with E-state index < -0.39 is 0 Å². The average Bonchev–Trinajstić information content (AvgIpc) is 3.12. The molecule has 5 rings (SSSR count). The molecule has 2 aliphatic rings. The highest BCUT2D eigenvalue weighted by atomic mass is 32.1. The number of benzene rings is 2. The Labute approximate surface area is 174 Å². The minimum Gasteiger partial charge on any atom is -0.496 e. The summed E-state index contributed by atoms with van der Waals surface area (Å²) in [5.74, 6) is 0.771. The topological polar surface area (TPSA) is 53.6 Å². The SMILES string of the molecule is COc1ccccc1C1NC(=O)c2c(sc3c2CCN(Cc2ccccc2)C3)N1. The summed E-state index contributed by atoms with van der Waals surface area (Å²) in [5, 5.41) is 7.61. The molecule has 1 unspecified atom stereocenters. The molecule has 0 saturated carbocycles. The maximum Gasteiger partial charge on any atom is 0.256 e. The van der Waals surface area contributed by atoms with Crippen molar-refractivity contribution in [3.05, 3.63) is 81.7 Å². The van der Waals surface area contributed by atoms with Gasteiger partial charge in [0.05, 0.1) is 12.7 Å². The molecule has 0 bridgehead atoms. The first-order valence-electron chi connectivity index (χ1n) is 9.84. The Balaban J connectivity index is 1.40. The van der Waals surface area contributed by atoms with Gasteiger partial charge in [-0.2, -0.15) is 0 Å². The first-order valence-corrected chi connectivity index (χ1v) is 10.7. The number of para-hydroxylation sites is 1. The molecule has 2 aromatic carbocycles. The normalized spacial score (nSPS) is 18.4. The number of fused-ring (bicyclic) bond motifs is 3. The van der Waals surface area contributed by atoms with Crippen molar-refractivity contribution < 1.29 is 9.53 Å². The second-order valence-corrected chi connectivity index (χ2v) is 8.55. The Hall–Kier alpha value is -2.83. The molecule has 1 amide bonds. The molecule has 3 heterocycles. The van der Waals surface area contributed by atoms with E-state index in [2.05, 4.69) is 39.8 Å². The van der Waals surface area contributed by atoms with Gasteiger partial charge in [-0.3, -0.25) is 9.69 Å². The molecule has 2 N–H and O–H groups in total. The molecule has 29 heavy (non-hydrogen) atoms. The monoisotopic (exact) mass is 405 g/mol. The Kier molecular flexibility index (Phi) is 4.73. The average molecular weight is 406 g/mol. The highest BCUT2D eigenvalue weighted by Gasteiger charge is 2.34. The molecular formula is C23H23N3O2S. The van der Waals surface area contributed by atoms with Gasteiger partial charge in [-0.1, -0.05) is 48.5 Å². The number of nitrogens with zero attached hydrogens (tertiary/aromatic N) is 1. The number of nitrogens with one attached hydrogen (secondary N) is 2. The van der Waals surface area contributed by atoms with Crippen molar-refractivity contribution in [1.29, 1.82) is 0 Å². The minimum absolute atomic E-state index is 0.00339. The van der Waals surface area contributed by atoms with Crippen LogP contribution >= 0.6 is 11.3 Å². The van der Waals surface area contributed by atoms with Crippen molar-refractivity contribution in [2.24, 2.45) is 0 Å². The Morgan fingerprint density at radius 3 is 2.72 bits per heavy atom. The van der Waals surface area contributed by atoms with Gasteiger partial charge in [0.1, 0.15) is 16.9 Å². The molecule has 1 atom stereocenters. The summed E-state index contributed by atoms with van der Waals surface area (Å²) in [6.07, 6.45) is 0.620. The van der Waals surface area contributed by atoms with Crippen LogP contribution in [0.3, 0.4) is 0 Å². The zero-order chi connectivity index (χ0) is 19.8. The smallest absolute Gasteiger partial charge is 0.256 e. The van der Waals surface area contributed by atoms with E-state index in [0.29, 0.717) is 0 Å². The van der Waals surface area contributed by atoms with Gasteiger partial charge in [0.25, 0.3) is 5.91 Å². The molecule has 0 saturated heterocycles. The lowest BCUT2D eigenvalue weighted by Crippen LogP contribution is -2.39. The number of hydrogen-bond acceptors (Lipinski definition) is 5. The third-order valence-corrected chi connectivity index (χ3v) is 6.76. The molecule has 0 aliphatic carbocycles. The summed E-state index contributed by atoms with van der Waals surface area (Å²) in [6.45, 7) is 2.79. The summed E-state index contributed by atoms with van der Waals surface area (Å²) >= 11 is 1.71. The number of amides is 1. The van der Waals surface area contributed by atoms with E-state index >= 15 is 0 Å². The van der Waals surface area contributed by atoms with Crippen LogP contribution < -0.4 is 15.4 Å². The van der Waals surface area contributed by atoms with E-state index in [4.69, 9.17) is 4.74 Å². The van der Waals surface area contributed by atoms with E-state index in [1.807, 2.05) is 30.3 Å². The Morgan fingerprint density at radius 2 is 1.90 bits per heavy atom. The zero-order valence-corrected chi connectivity index (χ0v) is 17.1. The number of ether oxygens (including phenoxy) is 1. The quantitative estimate of drug-likeness (QED) is 0.684. The van der Waals surface area contributed by atoms with Gasteiger partial charge in [0, 0.05) is 30.1 Å². The van der Waals surface area contributed by atoms with E-state index in [-0.39, 0.29) is 12.1 Å². The van der Waals surface area contributed by atoms with Gasteiger partial charge in [-0.05, 0) is 23.6 Å². The number of anilines is 1. The number of thiophene rings is 1. The Bertz CT molecular complexity index is 1050. The molecule has 148 valence electrons. The van der Waals surface area contributed by atoms with Crippen LogP contribution in [-0.2, 0) is 19.5 Å². The minimum atomic E-state index is -0.285. The number of carbonyl (C=O) groups excluding carboxylic acids is 1. The lowest BCUT2D eigenvalue weighted by Gasteiger charge is -2.29. The van der Waals surface area contributed by atoms with Crippen molar-refractivity contribution in [2.45, 2.75) is 25.7 Å². The first kappa shape index (κ1) is 18.2. The van der Waals surface area contributed by atoms with Gasteiger partial charge in [0.2, 0.25) is 0 Å². The van der Waals surface area contributed by atoms with Crippen molar-refractivity contribution in [3.8, 4) is 5.75 Å². The lowest BCUT2D eigenvalue weighted by atomic mass is 10.00. The molecule has 0 spiro atoms. The molecule has 0 fully saturated rings. The number of methoxy groups -OCH3 is 1. The first-order chi connectivity index (χ1) is 14.2. The van der Waals surface area contributed by atoms with Crippen LogP contribution in [0.15, 0.2) is 54.6 Å². The number of carbonyl (C=O) groups is 1. The van der Waals surface area contributed by atoms with Crippen LogP contribution in [0.25, 0.3) is 0 Å².